The molecule has 0 amide bonds. The Morgan fingerprint density at radius 2 is 1.64 bits per heavy atom. The molecule has 3 aromatic rings. The average molecular weight is 720 g/mol. The van der Waals surface area contributed by atoms with E-state index >= 15 is 0 Å². The summed E-state index contributed by atoms with van der Waals surface area (Å²) in [6, 6.07) is 16.0. The maximum atomic E-state index is 14.7. The van der Waals surface area contributed by atoms with Crippen molar-refractivity contribution in [2.24, 2.45) is 33.5 Å². The molecule has 3 fully saturated rings. The molecule has 1 aromatic heterocycles. The summed E-state index contributed by atoms with van der Waals surface area (Å²) in [5, 5.41) is 25.6. The molecule has 6 nitrogen and oxygen atoms in total. The molecule has 1 heterocycles. The Bertz CT molecular complexity index is 2020. The van der Waals surface area contributed by atoms with E-state index in [0.29, 0.717) is 44.1 Å². The number of aliphatic hydroxyl groups is 2. The lowest BCUT2D eigenvalue weighted by atomic mass is 9.32. The lowest BCUT2D eigenvalue weighted by molar-refractivity contribution is -0.173. The number of Topliss-reactive ketones (excluding diaryl/α,β-unsaturated/α-hetero) is 1. The summed E-state index contributed by atoms with van der Waals surface area (Å²) in [6.45, 7) is 4.32. The summed E-state index contributed by atoms with van der Waals surface area (Å²) in [6.07, 6.45) is 9.95. The third-order valence-electron chi connectivity index (χ3n) is 13.9. The topological polar surface area (TPSA) is 94.9 Å². The highest BCUT2D eigenvalue weighted by Crippen LogP contribution is 2.78. The normalized spacial score (nSPS) is 37.3. The van der Waals surface area contributed by atoms with Gasteiger partial charge in [-0.1, -0.05) is 68.5 Å². The maximum Gasteiger partial charge on any atom is 0.252 e. The summed E-state index contributed by atoms with van der Waals surface area (Å²) in [5.74, 6) is -2.72. The van der Waals surface area contributed by atoms with Crippen LogP contribution in [0.5, 0.6) is 0 Å². The molecule has 3 saturated carbocycles. The molecular formula is C40H43F2NO5S2. The molecule has 6 aliphatic carbocycles. The number of allylic oxidation sites excluding steroid dienone is 4. The molecule has 2 bridgehead atoms. The number of carbonyl (C=O) groups excluding carboxylic acids is 1. The number of aliphatic hydroxyl groups excluding tert-OH is 1. The second kappa shape index (κ2) is 11.5. The molecule has 50 heavy (non-hydrogen) atoms. The average Bonchev–Trinajstić information content (AvgIpc) is 3.73. The van der Waals surface area contributed by atoms with Gasteiger partial charge in [-0.15, -0.1) is 11.3 Å². The van der Waals surface area contributed by atoms with Gasteiger partial charge in [0.2, 0.25) is 0 Å². The van der Waals surface area contributed by atoms with E-state index in [0.717, 1.165) is 35.5 Å². The van der Waals surface area contributed by atoms with Crippen molar-refractivity contribution in [3.05, 3.63) is 113 Å². The number of sulfonamides is 1. The molecule has 0 aliphatic heterocycles. The Balaban J connectivity index is 1.24. The van der Waals surface area contributed by atoms with Gasteiger partial charge in [0, 0.05) is 40.5 Å². The molecule has 8 atom stereocenters. The molecule has 264 valence electrons. The minimum atomic E-state index is -3.96. The number of fused-ring (bicyclic) bond motifs is 1. The number of halogens is 2. The SMILES string of the molecule is C[C@]12CC[C@H]3[C@]4(C=C[C@@]5(C=C4C(=O)c4ccc(F)c(F)c4)CC(O)CC[C@]35C)[C@@H]1CC[C@@]2(O)CN(Cc1ccccc1)S(=O)(=O)c1cccs1. The highest BCUT2D eigenvalue weighted by molar-refractivity contribution is 7.91. The highest BCUT2D eigenvalue weighted by Gasteiger charge is 2.74. The highest BCUT2D eigenvalue weighted by atomic mass is 32.2. The van der Waals surface area contributed by atoms with Gasteiger partial charge in [-0.05, 0) is 97.4 Å². The van der Waals surface area contributed by atoms with Crippen molar-refractivity contribution in [3.8, 4) is 0 Å². The van der Waals surface area contributed by atoms with Gasteiger partial charge in [-0.3, -0.25) is 4.79 Å². The summed E-state index contributed by atoms with van der Waals surface area (Å²) in [5.41, 5.74) is -2.49. The Kier molecular flexibility index (Phi) is 7.83. The Morgan fingerprint density at radius 1 is 0.920 bits per heavy atom. The fraction of sp³-hybridized carbons (Fsp3) is 0.475. The molecule has 9 rings (SSSR count). The Labute approximate surface area is 296 Å². The number of ketones is 1. The predicted molar refractivity (Wildman–Crippen MR) is 188 cm³/mol. The van der Waals surface area contributed by atoms with Crippen molar-refractivity contribution in [2.75, 3.05) is 6.54 Å². The molecule has 2 spiro atoms. The largest absolute Gasteiger partial charge is 0.393 e. The number of nitrogens with zero attached hydrogens (tertiary/aromatic N) is 1. The Morgan fingerprint density at radius 3 is 2.36 bits per heavy atom. The van der Waals surface area contributed by atoms with E-state index in [2.05, 4.69) is 26.0 Å². The van der Waals surface area contributed by atoms with Crippen LogP contribution in [-0.4, -0.2) is 47.0 Å². The van der Waals surface area contributed by atoms with Crippen LogP contribution in [0.4, 0.5) is 8.78 Å². The summed E-state index contributed by atoms with van der Waals surface area (Å²) >= 11 is 1.15. The van der Waals surface area contributed by atoms with Crippen molar-refractivity contribution >= 4 is 27.1 Å². The minimum absolute atomic E-state index is 0.00237. The van der Waals surface area contributed by atoms with Gasteiger partial charge in [-0.2, -0.15) is 4.31 Å². The van der Waals surface area contributed by atoms with Gasteiger partial charge in [-0.25, -0.2) is 17.2 Å². The predicted octanol–water partition coefficient (Wildman–Crippen LogP) is 7.69. The van der Waals surface area contributed by atoms with Gasteiger partial charge in [0.25, 0.3) is 10.0 Å². The van der Waals surface area contributed by atoms with Crippen molar-refractivity contribution in [1.29, 1.82) is 0 Å². The smallest absolute Gasteiger partial charge is 0.252 e. The molecule has 2 aromatic carbocycles. The van der Waals surface area contributed by atoms with Crippen LogP contribution in [0, 0.1) is 45.1 Å². The van der Waals surface area contributed by atoms with Crippen LogP contribution in [0.25, 0.3) is 0 Å². The number of hydrogen-bond donors (Lipinski definition) is 2. The second-order valence-electron chi connectivity index (χ2n) is 16.0. The van der Waals surface area contributed by atoms with Gasteiger partial charge >= 0.3 is 0 Å². The lowest BCUT2D eigenvalue weighted by Crippen LogP contribution is -2.67. The van der Waals surface area contributed by atoms with E-state index in [-0.39, 0.29) is 45.9 Å². The first kappa shape index (κ1) is 34.1. The fourth-order valence-corrected chi connectivity index (χ4v) is 13.9. The third-order valence-corrected chi connectivity index (χ3v) is 17.0. The van der Waals surface area contributed by atoms with Crippen LogP contribution < -0.4 is 0 Å². The van der Waals surface area contributed by atoms with Crippen molar-refractivity contribution in [1.82, 2.24) is 4.31 Å². The molecule has 6 aliphatic rings. The quantitative estimate of drug-likeness (QED) is 0.184. The lowest BCUT2D eigenvalue weighted by Gasteiger charge is -2.71. The van der Waals surface area contributed by atoms with Crippen LogP contribution in [0.2, 0.25) is 0 Å². The zero-order valence-corrected chi connectivity index (χ0v) is 30.0. The third kappa shape index (κ3) is 4.64. The van der Waals surface area contributed by atoms with E-state index < -0.39 is 49.6 Å². The fourth-order valence-electron chi connectivity index (χ4n) is 11.2. The van der Waals surface area contributed by atoms with Crippen LogP contribution >= 0.6 is 11.3 Å². The van der Waals surface area contributed by atoms with E-state index in [1.165, 1.54) is 10.4 Å². The monoisotopic (exact) mass is 719 g/mol. The van der Waals surface area contributed by atoms with Crippen LogP contribution in [0.3, 0.4) is 0 Å². The zero-order chi connectivity index (χ0) is 35.3. The van der Waals surface area contributed by atoms with Crippen LogP contribution in [0.1, 0.15) is 74.7 Å². The minimum Gasteiger partial charge on any atom is -0.393 e. The summed E-state index contributed by atoms with van der Waals surface area (Å²) in [7, 11) is -3.96. The summed E-state index contributed by atoms with van der Waals surface area (Å²) < 4.78 is 58.7. The maximum absolute atomic E-state index is 14.7. The Hall–Kier alpha value is -3.02. The second-order valence-corrected chi connectivity index (χ2v) is 19.1. The number of rotatable bonds is 8. The summed E-state index contributed by atoms with van der Waals surface area (Å²) in [4.78, 5) is 14.7. The van der Waals surface area contributed by atoms with E-state index in [1.54, 1.807) is 17.5 Å². The molecular weight excluding hydrogens is 677 g/mol. The number of thiophene rings is 1. The van der Waals surface area contributed by atoms with E-state index in [1.807, 2.05) is 36.4 Å². The molecule has 0 saturated heterocycles. The van der Waals surface area contributed by atoms with Gasteiger partial charge in [0.1, 0.15) is 4.21 Å². The number of hydrogen-bond acceptors (Lipinski definition) is 6. The van der Waals surface area contributed by atoms with Gasteiger partial charge < -0.3 is 10.2 Å². The van der Waals surface area contributed by atoms with Crippen LogP contribution in [0.15, 0.2) is 94.1 Å². The van der Waals surface area contributed by atoms with Crippen molar-refractivity contribution in [2.45, 2.75) is 81.3 Å². The van der Waals surface area contributed by atoms with Gasteiger partial charge in [0.15, 0.2) is 17.4 Å². The number of benzene rings is 2. The first-order chi connectivity index (χ1) is 23.7. The molecule has 1 unspecified atom stereocenters. The van der Waals surface area contributed by atoms with Gasteiger partial charge in [0.05, 0.1) is 11.7 Å². The molecule has 0 radical (unpaired) electrons. The molecule has 10 heteroatoms. The standard InChI is InChI=1S/C40H43F2NO5S2/c1-36-15-12-28(44)22-38(36)18-19-40(29(23-38)35(45)27-10-11-30(41)31(42)21-27)32(36)13-16-37(2)33(40)14-17-39(37,46)25-43(24-26-7-4-3-5-8-26)50(47,48)34-9-6-20-49-34/h3-11,18-21,23,28,32-33,44,46H,12-17,22,24-25H2,1-2H3/t28?,32-,33-,36-,37+,38+,39-,40-/m1/s1. The van der Waals surface area contributed by atoms with Crippen LogP contribution in [-0.2, 0) is 16.6 Å². The van der Waals surface area contributed by atoms with Crippen molar-refractivity contribution in [3.63, 3.8) is 0 Å². The molecule has 2 N–H and O–H groups in total. The first-order valence-corrected chi connectivity index (χ1v) is 19.9. The zero-order valence-electron chi connectivity index (χ0n) is 28.3. The first-order valence-electron chi connectivity index (χ1n) is 17.6. The van der Waals surface area contributed by atoms with E-state index in [9.17, 15) is 32.2 Å². The van der Waals surface area contributed by atoms with Crippen molar-refractivity contribution < 1.29 is 32.2 Å². The number of carbonyl (C=O) groups is 1. The van der Waals surface area contributed by atoms with E-state index in [4.69, 9.17) is 0 Å².